The first-order valence-electron chi connectivity index (χ1n) is 8.45. The van der Waals surface area contributed by atoms with Crippen molar-refractivity contribution in [3.63, 3.8) is 0 Å². The normalized spacial score (nSPS) is 21.5. The zero-order valence-electron chi connectivity index (χ0n) is 13.7. The number of aliphatic imine (C=N–C) groups is 1. The second kappa shape index (κ2) is 7.55. The highest BCUT2D eigenvalue weighted by molar-refractivity contribution is 6.14. The number of carbonyl (C=O) groups excluding carboxylic acids is 1. The predicted molar refractivity (Wildman–Crippen MR) is 92.4 cm³/mol. The van der Waals surface area contributed by atoms with Crippen molar-refractivity contribution in [3.05, 3.63) is 42.0 Å². The Morgan fingerprint density at radius 2 is 2.09 bits per heavy atom. The van der Waals surface area contributed by atoms with Gasteiger partial charge in [-0.05, 0) is 74.7 Å². The van der Waals surface area contributed by atoms with Crippen LogP contribution >= 0.6 is 0 Å². The number of dihydropyridines is 1. The molecule has 122 valence electrons. The fourth-order valence-corrected chi connectivity index (χ4v) is 3.13. The summed E-state index contributed by atoms with van der Waals surface area (Å²) in [5, 5.41) is 0. The standard InChI is InChI=1S/C19H24N2O2/c1-15-4-2-11-21(15)12-3-13-23-18-8-5-16(6-9-18)19-10-7-17(22)14-20-19/h5-10,15H,2-4,11-14H2,1H3/t15-/m0/s1. The molecule has 1 aromatic rings. The molecule has 4 nitrogen and oxygen atoms in total. The molecule has 0 N–H and O–H groups in total. The van der Waals surface area contributed by atoms with Crippen molar-refractivity contribution in [3.8, 4) is 5.75 Å². The fraction of sp³-hybridized carbons (Fsp3) is 0.474. The Kier molecular flexibility index (Phi) is 5.23. The van der Waals surface area contributed by atoms with Crippen LogP contribution in [-0.4, -0.2) is 48.7 Å². The summed E-state index contributed by atoms with van der Waals surface area (Å²) in [5.74, 6) is 0.945. The largest absolute Gasteiger partial charge is 0.494 e. The molecule has 0 aliphatic carbocycles. The van der Waals surface area contributed by atoms with Gasteiger partial charge in [-0.3, -0.25) is 9.79 Å². The molecule has 0 aromatic heterocycles. The molecule has 0 spiro atoms. The molecule has 2 heterocycles. The lowest BCUT2D eigenvalue weighted by atomic mass is 10.1. The molecular weight excluding hydrogens is 288 g/mol. The van der Waals surface area contributed by atoms with Crippen LogP contribution in [0.1, 0.15) is 31.7 Å². The third kappa shape index (κ3) is 4.29. The number of hydrogen-bond donors (Lipinski definition) is 0. The summed E-state index contributed by atoms with van der Waals surface area (Å²) in [6, 6.07) is 8.67. The molecule has 0 amide bonds. The zero-order valence-corrected chi connectivity index (χ0v) is 13.7. The summed E-state index contributed by atoms with van der Waals surface area (Å²) in [4.78, 5) is 18.0. The second-order valence-corrected chi connectivity index (χ2v) is 6.25. The first kappa shape index (κ1) is 15.9. The Hall–Kier alpha value is -1.94. The monoisotopic (exact) mass is 312 g/mol. The van der Waals surface area contributed by atoms with Crippen LogP contribution in [0.15, 0.2) is 41.4 Å². The van der Waals surface area contributed by atoms with E-state index in [4.69, 9.17) is 4.74 Å². The van der Waals surface area contributed by atoms with E-state index in [0.717, 1.165) is 42.6 Å². The van der Waals surface area contributed by atoms with Crippen molar-refractivity contribution in [2.24, 2.45) is 4.99 Å². The minimum absolute atomic E-state index is 0.0565. The van der Waals surface area contributed by atoms with Crippen LogP contribution in [0.3, 0.4) is 0 Å². The first-order chi connectivity index (χ1) is 11.2. The Labute approximate surface area is 137 Å². The number of likely N-dealkylation sites (tertiary alicyclic amines) is 1. The molecule has 2 aliphatic heterocycles. The smallest absolute Gasteiger partial charge is 0.177 e. The predicted octanol–water partition coefficient (Wildman–Crippen LogP) is 2.87. The SMILES string of the molecule is C[C@H]1CCCN1CCCOc1ccc(C2=NCC(=O)C=C2)cc1. The molecule has 1 saturated heterocycles. The number of benzene rings is 1. The highest BCUT2D eigenvalue weighted by Crippen LogP contribution is 2.17. The van der Waals surface area contributed by atoms with Gasteiger partial charge in [-0.15, -0.1) is 0 Å². The lowest BCUT2D eigenvalue weighted by Crippen LogP contribution is -2.28. The van der Waals surface area contributed by atoms with E-state index in [1.165, 1.54) is 19.4 Å². The molecule has 0 radical (unpaired) electrons. The number of ether oxygens (including phenoxy) is 1. The van der Waals surface area contributed by atoms with Crippen LogP contribution in [0.25, 0.3) is 0 Å². The molecule has 1 fully saturated rings. The van der Waals surface area contributed by atoms with Gasteiger partial charge in [0.1, 0.15) is 12.3 Å². The van der Waals surface area contributed by atoms with Gasteiger partial charge in [0.15, 0.2) is 5.78 Å². The van der Waals surface area contributed by atoms with Crippen molar-refractivity contribution < 1.29 is 9.53 Å². The number of allylic oxidation sites excluding steroid dienone is 1. The van der Waals surface area contributed by atoms with Crippen LogP contribution < -0.4 is 4.74 Å². The molecule has 4 heteroatoms. The highest BCUT2D eigenvalue weighted by atomic mass is 16.5. The van der Waals surface area contributed by atoms with Crippen LogP contribution in [0.2, 0.25) is 0 Å². The van der Waals surface area contributed by atoms with Gasteiger partial charge in [0.25, 0.3) is 0 Å². The number of carbonyl (C=O) groups is 1. The van der Waals surface area contributed by atoms with Gasteiger partial charge in [-0.2, -0.15) is 0 Å². The van der Waals surface area contributed by atoms with Gasteiger partial charge in [0, 0.05) is 12.6 Å². The van der Waals surface area contributed by atoms with Crippen molar-refractivity contribution >= 4 is 11.5 Å². The highest BCUT2D eigenvalue weighted by Gasteiger charge is 2.19. The minimum Gasteiger partial charge on any atom is -0.494 e. The van der Waals surface area contributed by atoms with E-state index in [1.54, 1.807) is 12.2 Å². The van der Waals surface area contributed by atoms with Crippen molar-refractivity contribution in [2.75, 3.05) is 26.2 Å². The Bertz CT molecular complexity index is 604. The summed E-state index contributed by atoms with van der Waals surface area (Å²) < 4.78 is 5.82. The van der Waals surface area contributed by atoms with Crippen LogP contribution in [-0.2, 0) is 4.79 Å². The summed E-state index contributed by atoms with van der Waals surface area (Å²) in [7, 11) is 0. The van der Waals surface area contributed by atoms with Gasteiger partial charge in [-0.25, -0.2) is 0 Å². The van der Waals surface area contributed by atoms with E-state index in [-0.39, 0.29) is 12.3 Å². The average Bonchev–Trinajstić information content (AvgIpc) is 2.98. The fourth-order valence-electron chi connectivity index (χ4n) is 3.13. The molecule has 2 aliphatic rings. The summed E-state index contributed by atoms with van der Waals surface area (Å²) in [5.41, 5.74) is 1.88. The molecule has 1 atom stereocenters. The summed E-state index contributed by atoms with van der Waals surface area (Å²) in [6.45, 7) is 5.66. The molecular formula is C19H24N2O2. The molecule has 0 unspecified atom stereocenters. The van der Waals surface area contributed by atoms with Crippen molar-refractivity contribution in [2.45, 2.75) is 32.2 Å². The Balaban J connectivity index is 1.44. The number of nitrogens with zero attached hydrogens (tertiary/aromatic N) is 2. The maximum atomic E-state index is 11.1. The van der Waals surface area contributed by atoms with E-state index in [0.29, 0.717) is 0 Å². The van der Waals surface area contributed by atoms with E-state index in [2.05, 4.69) is 16.8 Å². The van der Waals surface area contributed by atoms with Gasteiger partial charge in [-0.1, -0.05) is 0 Å². The van der Waals surface area contributed by atoms with Gasteiger partial charge >= 0.3 is 0 Å². The molecule has 1 aromatic carbocycles. The lowest BCUT2D eigenvalue weighted by Gasteiger charge is -2.20. The van der Waals surface area contributed by atoms with Crippen LogP contribution in [0, 0.1) is 0 Å². The third-order valence-electron chi connectivity index (χ3n) is 4.53. The number of rotatable bonds is 6. The van der Waals surface area contributed by atoms with Crippen molar-refractivity contribution in [1.82, 2.24) is 4.90 Å². The lowest BCUT2D eigenvalue weighted by molar-refractivity contribution is -0.113. The summed E-state index contributed by atoms with van der Waals surface area (Å²) >= 11 is 0. The number of hydrogen-bond acceptors (Lipinski definition) is 4. The van der Waals surface area contributed by atoms with Crippen molar-refractivity contribution in [1.29, 1.82) is 0 Å². The van der Waals surface area contributed by atoms with E-state index >= 15 is 0 Å². The molecule has 0 saturated carbocycles. The molecule has 0 bridgehead atoms. The van der Waals surface area contributed by atoms with Gasteiger partial charge < -0.3 is 9.64 Å². The topological polar surface area (TPSA) is 41.9 Å². The van der Waals surface area contributed by atoms with Gasteiger partial charge in [0.2, 0.25) is 0 Å². The van der Waals surface area contributed by atoms with E-state index in [9.17, 15) is 4.79 Å². The maximum absolute atomic E-state index is 11.1. The van der Waals surface area contributed by atoms with E-state index < -0.39 is 0 Å². The number of ketones is 1. The average molecular weight is 312 g/mol. The minimum atomic E-state index is 0.0565. The maximum Gasteiger partial charge on any atom is 0.177 e. The van der Waals surface area contributed by atoms with Crippen LogP contribution in [0.4, 0.5) is 0 Å². The molecule has 23 heavy (non-hydrogen) atoms. The van der Waals surface area contributed by atoms with E-state index in [1.807, 2.05) is 24.3 Å². The quantitative estimate of drug-likeness (QED) is 0.759. The molecule has 3 rings (SSSR count). The van der Waals surface area contributed by atoms with Crippen LogP contribution in [0.5, 0.6) is 5.75 Å². The third-order valence-corrected chi connectivity index (χ3v) is 4.53. The summed E-state index contributed by atoms with van der Waals surface area (Å²) in [6.07, 6.45) is 7.08. The Morgan fingerprint density at radius 3 is 2.74 bits per heavy atom. The van der Waals surface area contributed by atoms with Gasteiger partial charge in [0.05, 0.1) is 12.3 Å². The Morgan fingerprint density at radius 1 is 1.26 bits per heavy atom. The first-order valence-corrected chi connectivity index (χ1v) is 8.45. The second-order valence-electron chi connectivity index (χ2n) is 6.25. The zero-order chi connectivity index (χ0) is 16.1.